The van der Waals surface area contributed by atoms with Gasteiger partial charge in [0.25, 0.3) is 0 Å². The second kappa shape index (κ2) is 13.4. The van der Waals surface area contributed by atoms with Crippen LogP contribution >= 0.6 is 12.4 Å². The highest BCUT2D eigenvalue weighted by molar-refractivity contribution is 7.89. The summed E-state index contributed by atoms with van der Waals surface area (Å²) >= 11 is 0. The molecule has 1 aliphatic heterocycles. The Morgan fingerprint density at radius 1 is 0.917 bits per heavy atom. The minimum absolute atomic E-state index is 0. The van der Waals surface area contributed by atoms with Crippen LogP contribution in [0.25, 0.3) is 0 Å². The molecule has 3 aromatic rings. The minimum Gasteiger partial charge on any atom is -0.303 e. The lowest BCUT2D eigenvalue weighted by Gasteiger charge is -2.33. The summed E-state index contributed by atoms with van der Waals surface area (Å²) in [5.74, 6) is 0.795. The Morgan fingerprint density at radius 3 is 2.19 bits per heavy atom. The summed E-state index contributed by atoms with van der Waals surface area (Å²) in [6, 6.07) is 28.3. The van der Waals surface area contributed by atoms with Gasteiger partial charge in [0.2, 0.25) is 10.0 Å². The van der Waals surface area contributed by atoms with Crippen molar-refractivity contribution in [2.45, 2.75) is 49.3 Å². The summed E-state index contributed by atoms with van der Waals surface area (Å²) in [6.45, 7) is 5.82. The minimum atomic E-state index is -3.52. The molecule has 0 aromatic heterocycles. The van der Waals surface area contributed by atoms with E-state index in [-0.39, 0.29) is 18.3 Å². The average molecular weight is 527 g/mol. The topological polar surface area (TPSA) is 40.6 Å². The third-order valence-electron chi connectivity index (χ3n) is 7.41. The lowest BCUT2D eigenvalue weighted by atomic mass is 9.89. The molecule has 0 radical (unpaired) electrons. The maximum absolute atomic E-state index is 13.2. The maximum atomic E-state index is 13.2. The number of rotatable bonds is 10. The van der Waals surface area contributed by atoms with Gasteiger partial charge in [-0.15, -0.1) is 12.4 Å². The quantitative estimate of drug-likeness (QED) is 0.309. The van der Waals surface area contributed by atoms with Gasteiger partial charge < -0.3 is 4.90 Å². The van der Waals surface area contributed by atoms with Gasteiger partial charge in [-0.05, 0) is 86.0 Å². The van der Waals surface area contributed by atoms with E-state index < -0.39 is 10.0 Å². The molecule has 1 atom stereocenters. The van der Waals surface area contributed by atoms with Gasteiger partial charge in [-0.2, -0.15) is 0 Å². The van der Waals surface area contributed by atoms with Crippen molar-refractivity contribution in [1.29, 1.82) is 0 Å². The Balaban J connectivity index is 0.00000361. The Labute approximate surface area is 223 Å². The Bertz CT molecular complexity index is 1160. The summed E-state index contributed by atoms with van der Waals surface area (Å²) < 4.78 is 28.0. The highest BCUT2D eigenvalue weighted by Gasteiger charge is 2.26. The molecule has 4 nitrogen and oxygen atoms in total. The molecule has 1 fully saturated rings. The number of likely N-dealkylation sites (tertiary alicyclic amines) is 1. The van der Waals surface area contributed by atoms with Crippen molar-refractivity contribution in [3.8, 4) is 0 Å². The Morgan fingerprint density at radius 2 is 1.56 bits per heavy atom. The van der Waals surface area contributed by atoms with E-state index in [1.807, 2.05) is 6.07 Å². The van der Waals surface area contributed by atoms with Gasteiger partial charge in [-0.25, -0.2) is 12.7 Å². The van der Waals surface area contributed by atoms with Crippen LogP contribution in [0.1, 0.15) is 54.7 Å². The smallest absolute Gasteiger partial charge is 0.242 e. The molecular weight excluding hydrogens is 488 g/mol. The number of hydrogen-bond donors (Lipinski definition) is 0. The van der Waals surface area contributed by atoms with Gasteiger partial charge in [0.1, 0.15) is 0 Å². The lowest BCUT2D eigenvalue weighted by Crippen LogP contribution is -2.36. The van der Waals surface area contributed by atoms with Crippen LogP contribution in [0.2, 0.25) is 0 Å². The van der Waals surface area contributed by atoms with Crippen LogP contribution in [0.3, 0.4) is 0 Å². The first kappa shape index (κ1) is 28.4. The van der Waals surface area contributed by atoms with Crippen LogP contribution in [-0.4, -0.2) is 50.8 Å². The summed E-state index contributed by atoms with van der Waals surface area (Å²) in [5.41, 5.74) is 3.98. The second-order valence-electron chi connectivity index (χ2n) is 9.71. The standard InChI is InChI=1S/C30H38N2O2S.ClH/c1-3-25-11-10-14-28(23-25)29(24-31(2)35(33,34)30-15-8-5-9-16-30)19-22-32-20-17-27(18-21-32)26-12-6-4-7-13-26;/h4-16,23,27,29H,3,17-22,24H2,1-2H3;1H/t29-;/m0./s1. The largest absolute Gasteiger partial charge is 0.303 e. The summed E-state index contributed by atoms with van der Waals surface area (Å²) in [4.78, 5) is 2.91. The molecule has 1 aliphatic rings. The number of hydrogen-bond acceptors (Lipinski definition) is 3. The van der Waals surface area contributed by atoms with E-state index in [9.17, 15) is 8.42 Å². The molecular formula is C30H39ClN2O2S. The molecule has 4 rings (SSSR count). The zero-order chi connectivity index (χ0) is 24.7. The van der Waals surface area contributed by atoms with Crippen molar-refractivity contribution in [3.63, 3.8) is 0 Å². The van der Waals surface area contributed by atoms with Gasteiger partial charge >= 0.3 is 0 Å². The molecule has 0 saturated carbocycles. The number of benzene rings is 3. The molecule has 0 aliphatic carbocycles. The molecule has 6 heteroatoms. The summed E-state index contributed by atoms with van der Waals surface area (Å²) in [6.07, 6.45) is 4.29. The van der Waals surface area contributed by atoms with Gasteiger partial charge in [0.15, 0.2) is 0 Å². The third kappa shape index (κ3) is 7.19. The molecule has 1 heterocycles. The number of aryl methyl sites for hydroxylation is 1. The monoisotopic (exact) mass is 526 g/mol. The van der Waals surface area contributed by atoms with Crippen LogP contribution < -0.4 is 0 Å². The second-order valence-corrected chi connectivity index (χ2v) is 11.8. The molecule has 0 N–H and O–H groups in total. The van der Waals surface area contributed by atoms with Crippen molar-refractivity contribution >= 4 is 22.4 Å². The number of likely N-dealkylation sites (N-methyl/N-ethyl adjacent to an activating group) is 1. The highest BCUT2D eigenvalue weighted by Crippen LogP contribution is 2.30. The van der Waals surface area contributed by atoms with Crippen LogP contribution in [-0.2, 0) is 16.4 Å². The Kier molecular flexibility index (Phi) is 10.6. The molecule has 3 aromatic carbocycles. The SMILES string of the molecule is CCc1cccc([C@@H](CCN2CCC(c3ccccc3)CC2)CN(C)S(=O)(=O)c2ccccc2)c1.Cl. The van der Waals surface area contributed by atoms with Crippen LogP contribution in [0, 0.1) is 0 Å². The van der Waals surface area contributed by atoms with Crippen molar-refractivity contribution in [3.05, 3.63) is 102 Å². The van der Waals surface area contributed by atoms with Crippen molar-refractivity contribution in [2.24, 2.45) is 0 Å². The predicted molar refractivity (Wildman–Crippen MR) is 152 cm³/mol. The summed E-state index contributed by atoms with van der Waals surface area (Å²) in [5, 5.41) is 0. The van der Waals surface area contributed by atoms with Crippen LogP contribution in [0.15, 0.2) is 89.8 Å². The number of nitrogens with zero attached hydrogens (tertiary/aromatic N) is 2. The fourth-order valence-corrected chi connectivity index (χ4v) is 6.40. The van der Waals surface area contributed by atoms with E-state index in [4.69, 9.17) is 0 Å². The third-order valence-corrected chi connectivity index (χ3v) is 9.25. The van der Waals surface area contributed by atoms with Crippen molar-refractivity contribution in [1.82, 2.24) is 9.21 Å². The van der Waals surface area contributed by atoms with Gasteiger partial charge in [-0.3, -0.25) is 0 Å². The van der Waals surface area contributed by atoms with E-state index in [1.165, 1.54) is 33.8 Å². The normalized spacial score (nSPS) is 16.0. The fourth-order valence-electron chi connectivity index (χ4n) is 5.16. The first-order chi connectivity index (χ1) is 17.0. The molecule has 0 bridgehead atoms. The molecule has 194 valence electrons. The molecule has 36 heavy (non-hydrogen) atoms. The zero-order valence-electron chi connectivity index (χ0n) is 21.4. The zero-order valence-corrected chi connectivity index (χ0v) is 23.1. The summed E-state index contributed by atoms with van der Waals surface area (Å²) in [7, 11) is -1.81. The Hall–Kier alpha value is -2.18. The molecule has 0 amide bonds. The first-order valence-electron chi connectivity index (χ1n) is 12.8. The highest BCUT2D eigenvalue weighted by atomic mass is 35.5. The van der Waals surface area contributed by atoms with Crippen LogP contribution in [0.5, 0.6) is 0 Å². The van der Waals surface area contributed by atoms with Crippen molar-refractivity contribution < 1.29 is 8.42 Å². The average Bonchev–Trinajstić information content (AvgIpc) is 2.92. The number of sulfonamides is 1. The van der Waals surface area contributed by atoms with Crippen LogP contribution in [0.4, 0.5) is 0 Å². The van der Waals surface area contributed by atoms with Gasteiger partial charge in [-0.1, -0.05) is 79.7 Å². The molecule has 0 unspecified atom stereocenters. The van der Waals surface area contributed by atoms with E-state index in [0.29, 0.717) is 17.4 Å². The lowest BCUT2D eigenvalue weighted by molar-refractivity contribution is 0.203. The molecule has 0 spiro atoms. The van der Waals surface area contributed by atoms with E-state index in [0.717, 1.165) is 32.5 Å². The van der Waals surface area contributed by atoms with Crippen molar-refractivity contribution in [2.75, 3.05) is 33.2 Å². The molecule has 1 saturated heterocycles. The van der Waals surface area contributed by atoms with E-state index in [2.05, 4.69) is 66.4 Å². The number of halogens is 1. The predicted octanol–water partition coefficient (Wildman–Crippen LogP) is 6.34. The fraction of sp³-hybridized carbons (Fsp3) is 0.400. The first-order valence-corrected chi connectivity index (χ1v) is 14.3. The number of piperidine rings is 1. The van der Waals surface area contributed by atoms with E-state index >= 15 is 0 Å². The van der Waals surface area contributed by atoms with Gasteiger partial charge in [0.05, 0.1) is 4.90 Å². The maximum Gasteiger partial charge on any atom is 0.242 e. The van der Waals surface area contributed by atoms with E-state index in [1.54, 1.807) is 31.3 Å². The van der Waals surface area contributed by atoms with Gasteiger partial charge in [0, 0.05) is 13.6 Å².